The van der Waals surface area contributed by atoms with Gasteiger partial charge in [-0.15, -0.1) is 0 Å². The first-order valence-electron chi connectivity index (χ1n) is 5.65. The lowest BCUT2D eigenvalue weighted by Gasteiger charge is -2.22. The van der Waals surface area contributed by atoms with Gasteiger partial charge >= 0.3 is 0 Å². The molecule has 2 rings (SSSR count). The average molecular weight is 242 g/mol. The summed E-state index contributed by atoms with van der Waals surface area (Å²) < 4.78 is 5.53. The highest BCUT2D eigenvalue weighted by Gasteiger charge is 2.12. The van der Waals surface area contributed by atoms with Crippen molar-refractivity contribution in [2.45, 2.75) is 19.3 Å². The standard InChI is InChI=1S/C11H16ClN3O/c12-10-6-11(15-8-14-10)16-5-3-9-2-1-4-13-7-9/h6,8-9,13H,1-5,7H2/t9-/m1/s1. The molecule has 1 N–H and O–H groups in total. The zero-order valence-electron chi connectivity index (χ0n) is 9.16. The molecule has 2 heterocycles. The second-order valence-corrected chi connectivity index (χ2v) is 4.42. The number of hydrogen-bond donors (Lipinski definition) is 1. The van der Waals surface area contributed by atoms with Gasteiger partial charge in [-0.1, -0.05) is 11.6 Å². The van der Waals surface area contributed by atoms with Crippen LogP contribution in [0.1, 0.15) is 19.3 Å². The maximum Gasteiger partial charge on any atom is 0.217 e. The first-order chi connectivity index (χ1) is 7.84. The Labute approximate surface area is 100 Å². The van der Waals surface area contributed by atoms with Crippen molar-refractivity contribution in [3.8, 4) is 5.88 Å². The van der Waals surface area contributed by atoms with Crippen LogP contribution in [0.3, 0.4) is 0 Å². The number of hydrogen-bond acceptors (Lipinski definition) is 4. The summed E-state index contributed by atoms with van der Waals surface area (Å²) in [5, 5.41) is 3.81. The van der Waals surface area contributed by atoms with E-state index in [0.717, 1.165) is 25.4 Å². The van der Waals surface area contributed by atoms with Crippen molar-refractivity contribution >= 4 is 11.6 Å². The number of halogens is 1. The number of piperidine rings is 1. The van der Waals surface area contributed by atoms with Crippen LogP contribution in [0, 0.1) is 5.92 Å². The van der Waals surface area contributed by atoms with E-state index in [2.05, 4.69) is 15.3 Å². The van der Waals surface area contributed by atoms with Gasteiger partial charge in [0.25, 0.3) is 0 Å². The van der Waals surface area contributed by atoms with E-state index in [1.165, 1.54) is 19.2 Å². The summed E-state index contributed by atoms with van der Waals surface area (Å²) in [7, 11) is 0. The first kappa shape index (κ1) is 11.6. The Balaban J connectivity index is 1.71. The van der Waals surface area contributed by atoms with Crippen LogP contribution in [0.15, 0.2) is 12.4 Å². The molecule has 0 bridgehead atoms. The van der Waals surface area contributed by atoms with Crippen LogP contribution in [0.5, 0.6) is 5.88 Å². The molecular formula is C11H16ClN3O. The summed E-state index contributed by atoms with van der Waals surface area (Å²) in [5.74, 6) is 1.29. The second-order valence-electron chi connectivity index (χ2n) is 4.03. The third-order valence-electron chi connectivity index (χ3n) is 2.78. The van der Waals surface area contributed by atoms with Crippen molar-refractivity contribution in [2.24, 2.45) is 5.92 Å². The van der Waals surface area contributed by atoms with Crippen LogP contribution in [0.4, 0.5) is 0 Å². The Morgan fingerprint density at radius 1 is 1.50 bits per heavy atom. The summed E-state index contributed by atoms with van der Waals surface area (Å²) in [6.07, 6.45) is 5.04. The fourth-order valence-corrected chi connectivity index (χ4v) is 2.03. The Bertz CT molecular complexity index is 329. The Hall–Kier alpha value is -0.870. The summed E-state index contributed by atoms with van der Waals surface area (Å²) >= 11 is 5.73. The van der Waals surface area contributed by atoms with Crippen molar-refractivity contribution in [3.05, 3.63) is 17.5 Å². The fourth-order valence-electron chi connectivity index (χ4n) is 1.90. The van der Waals surface area contributed by atoms with Gasteiger partial charge in [-0.05, 0) is 38.3 Å². The highest BCUT2D eigenvalue weighted by molar-refractivity contribution is 6.29. The normalized spacial score (nSPS) is 20.7. The van der Waals surface area contributed by atoms with Gasteiger partial charge in [-0.25, -0.2) is 9.97 Å². The van der Waals surface area contributed by atoms with Crippen LogP contribution >= 0.6 is 11.6 Å². The summed E-state index contributed by atoms with van der Waals surface area (Å²) in [4.78, 5) is 7.79. The Morgan fingerprint density at radius 3 is 3.19 bits per heavy atom. The average Bonchev–Trinajstić information content (AvgIpc) is 2.30. The third kappa shape index (κ3) is 3.61. The van der Waals surface area contributed by atoms with E-state index in [0.29, 0.717) is 17.6 Å². The van der Waals surface area contributed by atoms with Gasteiger partial charge in [-0.3, -0.25) is 0 Å². The number of rotatable bonds is 4. The molecule has 0 amide bonds. The number of nitrogens with zero attached hydrogens (tertiary/aromatic N) is 2. The minimum absolute atomic E-state index is 0.421. The van der Waals surface area contributed by atoms with Crippen LogP contribution in [-0.2, 0) is 0 Å². The minimum Gasteiger partial charge on any atom is -0.478 e. The zero-order chi connectivity index (χ0) is 11.2. The van der Waals surface area contributed by atoms with Crippen molar-refractivity contribution in [1.82, 2.24) is 15.3 Å². The lowest BCUT2D eigenvalue weighted by atomic mass is 9.97. The lowest BCUT2D eigenvalue weighted by molar-refractivity contribution is 0.247. The number of ether oxygens (including phenoxy) is 1. The van der Waals surface area contributed by atoms with Gasteiger partial charge < -0.3 is 10.1 Å². The summed E-state index contributed by atoms with van der Waals surface area (Å²) in [6, 6.07) is 1.64. The molecule has 5 heteroatoms. The van der Waals surface area contributed by atoms with Gasteiger partial charge in [0, 0.05) is 6.07 Å². The molecule has 0 aliphatic carbocycles. The molecule has 1 aromatic rings. The first-order valence-corrected chi connectivity index (χ1v) is 6.03. The third-order valence-corrected chi connectivity index (χ3v) is 2.99. The van der Waals surface area contributed by atoms with Crippen LogP contribution in [0.25, 0.3) is 0 Å². The predicted molar refractivity (Wildman–Crippen MR) is 62.7 cm³/mol. The summed E-state index contributed by atoms with van der Waals surface area (Å²) in [6.45, 7) is 2.95. The van der Waals surface area contributed by atoms with E-state index in [1.54, 1.807) is 6.07 Å². The minimum atomic E-state index is 0.421. The molecule has 4 nitrogen and oxygen atoms in total. The van der Waals surface area contributed by atoms with Crippen molar-refractivity contribution in [2.75, 3.05) is 19.7 Å². The van der Waals surface area contributed by atoms with Gasteiger partial charge in [0.1, 0.15) is 11.5 Å². The molecule has 1 aromatic heterocycles. The van der Waals surface area contributed by atoms with Gasteiger partial charge in [0.2, 0.25) is 5.88 Å². The van der Waals surface area contributed by atoms with Crippen LogP contribution in [-0.4, -0.2) is 29.7 Å². The van der Waals surface area contributed by atoms with Gasteiger partial charge in [0.15, 0.2) is 0 Å². The van der Waals surface area contributed by atoms with Crippen molar-refractivity contribution in [1.29, 1.82) is 0 Å². The van der Waals surface area contributed by atoms with Gasteiger partial charge in [0.05, 0.1) is 6.61 Å². The SMILES string of the molecule is Clc1cc(OCC[C@H]2CCCNC2)ncn1. The smallest absolute Gasteiger partial charge is 0.217 e. The second kappa shape index (κ2) is 6.01. The van der Waals surface area contributed by atoms with Gasteiger partial charge in [-0.2, -0.15) is 0 Å². The molecule has 1 aliphatic heterocycles. The van der Waals surface area contributed by atoms with E-state index in [-0.39, 0.29) is 0 Å². The molecule has 0 spiro atoms. The Morgan fingerprint density at radius 2 is 2.44 bits per heavy atom. The van der Waals surface area contributed by atoms with Crippen molar-refractivity contribution < 1.29 is 4.74 Å². The molecule has 1 saturated heterocycles. The molecule has 0 radical (unpaired) electrons. The predicted octanol–water partition coefficient (Wildman–Crippen LogP) is 1.90. The molecule has 88 valence electrons. The van der Waals surface area contributed by atoms with E-state index in [4.69, 9.17) is 16.3 Å². The molecular weight excluding hydrogens is 226 g/mol. The highest BCUT2D eigenvalue weighted by Crippen LogP contribution is 2.15. The monoisotopic (exact) mass is 241 g/mol. The fraction of sp³-hybridized carbons (Fsp3) is 0.636. The maximum atomic E-state index is 5.73. The Kier molecular flexibility index (Phi) is 4.36. The van der Waals surface area contributed by atoms with Crippen molar-refractivity contribution in [3.63, 3.8) is 0 Å². The molecule has 0 unspecified atom stereocenters. The molecule has 0 saturated carbocycles. The topological polar surface area (TPSA) is 47.0 Å². The van der Waals surface area contributed by atoms with Crippen LogP contribution < -0.4 is 10.1 Å². The molecule has 16 heavy (non-hydrogen) atoms. The molecule has 0 aromatic carbocycles. The van der Waals surface area contributed by atoms with Crippen LogP contribution in [0.2, 0.25) is 5.15 Å². The highest BCUT2D eigenvalue weighted by atomic mass is 35.5. The zero-order valence-corrected chi connectivity index (χ0v) is 9.91. The van der Waals surface area contributed by atoms with E-state index >= 15 is 0 Å². The quantitative estimate of drug-likeness (QED) is 0.818. The molecule has 1 aliphatic rings. The van der Waals surface area contributed by atoms with E-state index in [9.17, 15) is 0 Å². The molecule has 1 atom stereocenters. The summed E-state index contributed by atoms with van der Waals surface area (Å²) in [5.41, 5.74) is 0. The van der Waals surface area contributed by atoms with E-state index < -0.39 is 0 Å². The largest absolute Gasteiger partial charge is 0.478 e. The number of aromatic nitrogens is 2. The maximum absolute atomic E-state index is 5.73. The lowest BCUT2D eigenvalue weighted by Crippen LogP contribution is -2.30. The molecule has 1 fully saturated rings. The number of nitrogens with one attached hydrogen (secondary N) is 1. The van der Waals surface area contributed by atoms with E-state index in [1.807, 2.05) is 0 Å².